The summed E-state index contributed by atoms with van der Waals surface area (Å²) in [4.78, 5) is 34.0. The van der Waals surface area contributed by atoms with E-state index in [1.165, 1.54) is 15.3 Å². The van der Waals surface area contributed by atoms with Gasteiger partial charge in [-0.3, -0.25) is 14.6 Å². The van der Waals surface area contributed by atoms with Crippen molar-refractivity contribution in [3.63, 3.8) is 0 Å². The van der Waals surface area contributed by atoms with E-state index in [0.717, 1.165) is 16.3 Å². The van der Waals surface area contributed by atoms with Crippen LogP contribution in [0, 0.1) is 0 Å². The highest BCUT2D eigenvalue weighted by molar-refractivity contribution is 7.89. The molecule has 0 unspecified atom stereocenters. The van der Waals surface area contributed by atoms with Gasteiger partial charge >= 0.3 is 0 Å². The third-order valence-electron chi connectivity index (χ3n) is 6.07. The quantitative estimate of drug-likeness (QED) is 0.455. The second kappa shape index (κ2) is 9.26. The maximum absolute atomic E-state index is 13.2. The Labute approximate surface area is 206 Å². The molecule has 2 aromatic carbocycles. The minimum absolute atomic E-state index is 0.0207. The van der Waals surface area contributed by atoms with Crippen LogP contribution in [0.5, 0.6) is 0 Å². The molecule has 5 rings (SSSR count). The number of sulfonamides is 1. The molecule has 1 amide bonds. The van der Waals surface area contributed by atoms with Gasteiger partial charge in [0.15, 0.2) is 0 Å². The molecule has 1 fully saturated rings. The lowest BCUT2D eigenvalue weighted by Crippen LogP contribution is -2.51. The SMILES string of the molecule is O=C(c1ccc(-c2ccncc2)[nH]c1=O)N1CCN(S(=O)(=O)c2ccc3cc(Cl)ccc3c2)CC1. The summed E-state index contributed by atoms with van der Waals surface area (Å²) in [7, 11) is -3.73. The molecular formula is C25H21ClN4O4S. The van der Waals surface area contributed by atoms with Crippen molar-refractivity contribution in [1.82, 2.24) is 19.2 Å². The van der Waals surface area contributed by atoms with Gasteiger partial charge in [-0.15, -0.1) is 0 Å². The summed E-state index contributed by atoms with van der Waals surface area (Å²) in [6, 6.07) is 16.9. The monoisotopic (exact) mass is 508 g/mol. The van der Waals surface area contributed by atoms with Crippen LogP contribution in [0.15, 0.2) is 82.7 Å². The van der Waals surface area contributed by atoms with Crippen LogP contribution in [0.3, 0.4) is 0 Å². The maximum atomic E-state index is 13.2. The number of benzene rings is 2. The summed E-state index contributed by atoms with van der Waals surface area (Å²) >= 11 is 6.02. The number of aromatic amines is 1. The fourth-order valence-corrected chi connectivity index (χ4v) is 5.79. The summed E-state index contributed by atoms with van der Waals surface area (Å²) < 4.78 is 27.8. The Kier molecular flexibility index (Phi) is 6.14. The van der Waals surface area contributed by atoms with Crippen molar-refractivity contribution < 1.29 is 13.2 Å². The number of amides is 1. The first-order valence-corrected chi connectivity index (χ1v) is 12.8. The number of carbonyl (C=O) groups excluding carboxylic acids is 1. The van der Waals surface area contributed by atoms with Gasteiger partial charge in [0.2, 0.25) is 10.0 Å². The van der Waals surface area contributed by atoms with Crippen LogP contribution in [-0.4, -0.2) is 59.7 Å². The molecule has 35 heavy (non-hydrogen) atoms. The molecule has 1 N–H and O–H groups in total. The molecule has 4 aromatic rings. The van der Waals surface area contributed by atoms with Crippen LogP contribution in [-0.2, 0) is 10.0 Å². The first-order valence-electron chi connectivity index (χ1n) is 11.0. The second-order valence-corrected chi connectivity index (χ2v) is 10.6. The standard InChI is InChI=1S/C25H21ClN4O4S/c26-20-3-1-19-16-21(4-2-18(19)15-20)35(33,34)30-13-11-29(12-14-30)25(32)22-5-6-23(28-24(22)31)17-7-9-27-10-8-17/h1-10,15-16H,11-14H2,(H,28,31). The van der Waals surface area contributed by atoms with Crippen molar-refractivity contribution in [2.75, 3.05) is 26.2 Å². The zero-order chi connectivity index (χ0) is 24.6. The van der Waals surface area contributed by atoms with Crippen LogP contribution in [0.1, 0.15) is 10.4 Å². The van der Waals surface area contributed by atoms with Crippen LogP contribution >= 0.6 is 11.6 Å². The van der Waals surface area contributed by atoms with E-state index in [9.17, 15) is 18.0 Å². The number of H-pyrrole nitrogens is 1. The van der Waals surface area contributed by atoms with Gasteiger partial charge in [-0.05, 0) is 59.3 Å². The van der Waals surface area contributed by atoms with E-state index in [1.54, 1.807) is 67.0 Å². The van der Waals surface area contributed by atoms with E-state index in [4.69, 9.17) is 11.6 Å². The smallest absolute Gasteiger partial charge is 0.261 e. The fourth-order valence-electron chi connectivity index (χ4n) is 4.15. The Hall–Kier alpha value is -3.53. The second-order valence-electron chi connectivity index (χ2n) is 8.20. The van der Waals surface area contributed by atoms with Crippen molar-refractivity contribution in [3.8, 4) is 11.3 Å². The first-order chi connectivity index (χ1) is 16.8. The van der Waals surface area contributed by atoms with Gasteiger partial charge in [-0.2, -0.15) is 4.31 Å². The summed E-state index contributed by atoms with van der Waals surface area (Å²) in [5.41, 5.74) is 0.900. The van der Waals surface area contributed by atoms with Crippen molar-refractivity contribution in [3.05, 3.63) is 94.0 Å². The number of piperazine rings is 1. The number of pyridine rings is 2. The zero-order valence-electron chi connectivity index (χ0n) is 18.5. The minimum atomic E-state index is -3.73. The normalized spacial score (nSPS) is 14.8. The number of hydrogen-bond donors (Lipinski definition) is 1. The number of nitrogens with one attached hydrogen (secondary N) is 1. The van der Waals surface area contributed by atoms with E-state index in [1.807, 2.05) is 0 Å². The number of fused-ring (bicyclic) bond motifs is 1. The fraction of sp³-hybridized carbons (Fsp3) is 0.160. The maximum Gasteiger partial charge on any atom is 0.261 e. The van der Waals surface area contributed by atoms with Crippen LogP contribution in [0.25, 0.3) is 22.0 Å². The molecule has 3 heterocycles. The van der Waals surface area contributed by atoms with E-state index < -0.39 is 21.5 Å². The summed E-state index contributed by atoms with van der Waals surface area (Å²) in [5, 5.41) is 2.21. The number of hydrogen-bond acceptors (Lipinski definition) is 5. The molecule has 1 aliphatic rings. The minimum Gasteiger partial charge on any atom is -0.336 e. The molecule has 178 valence electrons. The third-order valence-corrected chi connectivity index (χ3v) is 8.20. The summed E-state index contributed by atoms with van der Waals surface area (Å²) in [6.45, 7) is 0.652. The molecular weight excluding hydrogens is 488 g/mol. The van der Waals surface area contributed by atoms with Gasteiger partial charge in [0.05, 0.1) is 4.90 Å². The highest BCUT2D eigenvalue weighted by atomic mass is 35.5. The lowest BCUT2D eigenvalue weighted by Gasteiger charge is -2.34. The van der Waals surface area contributed by atoms with Gasteiger partial charge < -0.3 is 9.88 Å². The zero-order valence-corrected chi connectivity index (χ0v) is 20.1. The van der Waals surface area contributed by atoms with Crippen molar-refractivity contribution >= 4 is 38.3 Å². The predicted molar refractivity (Wildman–Crippen MR) is 134 cm³/mol. The molecule has 10 heteroatoms. The molecule has 0 radical (unpaired) electrons. The lowest BCUT2D eigenvalue weighted by atomic mass is 10.1. The molecule has 1 aliphatic heterocycles. The molecule has 0 aliphatic carbocycles. The van der Waals surface area contributed by atoms with E-state index in [0.29, 0.717) is 10.7 Å². The number of carbonyl (C=O) groups is 1. The highest BCUT2D eigenvalue weighted by Crippen LogP contribution is 2.25. The Bertz CT molecular complexity index is 1580. The highest BCUT2D eigenvalue weighted by Gasteiger charge is 2.31. The summed E-state index contributed by atoms with van der Waals surface area (Å²) in [6.07, 6.45) is 3.24. The molecule has 0 atom stereocenters. The number of halogens is 1. The molecule has 0 saturated carbocycles. The van der Waals surface area contributed by atoms with Crippen molar-refractivity contribution in [1.29, 1.82) is 0 Å². The summed E-state index contributed by atoms with van der Waals surface area (Å²) in [5.74, 6) is -0.424. The van der Waals surface area contributed by atoms with Crippen LogP contribution < -0.4 is 5.56 Å². The average molecular weight is 509 g/mol. The van der Waals surface area contributed by atoms with Gasteiger partial charge in [0.1, 0.15) is 5.56 Å². The molecule has 2 aromatic heterocycles. The van der Waals surface area contributed by atoms with E-state index >= 15 is 0 Å². The van der Waals surface area contributed by atoms with E-state index in [-0.39, 0.29) is 36.6 Å². The van der Waals surface area contributed by atoms with E-state index in [2.05, 4.69) is 9.97 Å². The Morgan fingerprint density at radius 3 is 2.29 bits per heavy atom. The Balaban J connectivity index is 1.30. The topological polar surface area (TPSA) is 103 Å². The van der Waals surface area contributed by atoms with Gasteiger partial charge in [0, 0.05) is 54.9 Å². The van der Waals surface area contributed by atoms with Crippen LogP contribution in [0.4, 0.5) is 0 Å². The largest absolute Gasteiger partial charge is 0.336 e. The Morgan fingerprint density at radius 1 is 0.886 bits per heavy atom. The third kappa shape index (κ3) is 4.58. The Morgan fingerprint density at radius 2 is 1.57 bits per heavy atom. The molecule has 8 nitrogen and oxygen atoms in total. The predicted octanol–water partition coefficient (Wildman–Crippen LogP) is 3.39. The number of nitrogens with zero attached hydrogens (tertiary/aromatic N) is 3. The van der Waals surface area contributed by atoms with Crippen molar-refractivity contribution in [2.24, 2.45) is 0 Å². The lowest BCUT2D eigenvalue weighted by molar-refractivity contribution is 0.0696. The molecule has 0 spiro atoms. The van der Waals surface area contributed by atoms with Crippen molar-refractivity contribution in [2.45, 2.75) is 4.90 Å². The van der Waals surface area contributed by atoms with Gasteiger partial charge in [-0.1, -0.05) is 23.7 Å². The molecule has 1 saturated heterocycles. The van der Waals surface area contributed by atoms with Gasteiger partial charge in [-0.25, -0.2) is 8.42 Å². The molecule has 0 bridgehead atoms. The first kappa shape index (κ1) is 23.2. The number of aromatic nitrogens is 2. The van der Waals surface area contributed by atoms with Gasteiger partial charge in [0.25, 0.3) is 11.5 Å². The number of rotatable bonds is 4. The van der Waals surface area contributed by atoms with Crippen LogP contribution in [0.2, 0.25) is 5.02 Å². The average Bonchev–Trinajstić information content (AvgIpc) is 2.88.